The Kier molecular flexibility index (Phi) is 7.41. The van der Waals surface area contributed by atoms with Crippen molar-refractivity contribution in [2.45, 2.75) is 32.2 Å². The summed E-state index contributed by atoms with van der Waals surface area (Å²) in [5.74, 6) is -0.224. The van der Waals surface area contributed by atoms with Gasteiger partial charge in [-0.3, -0.25) is 4.79 Å². The van der Waals surface area contributed by atoms with Crippen molar-refractivity contribution in [3.63, 3.8) is 0 Å². The van der Waals surface area contributed by atoms with Gasteiger partial charge in [0.15, 0.2) is 0 Å². The maximum Gasteiger partial charge on any atom is 0.243 e. The molecule has 0 saturated carbocycles. The van der Waals surface area contributed by atoms with E-state index in [1.807, 2.05) is 20.8 Å². The maximum atomic E-state index is 13.2. The van der Waals surface area contributed by atoms with Crippen molar-refractivity contribution in [2.75, 3.05) is 19.6 Å². The zero-order chi connectivity index (χ0) is 20.0. The Morgan fingerprint density at radius 2 is 1.67 bits per heavy atom. The van der Waals surface area contributed by atoms with Crippen LogP contribution in [0.4, 0.5) is 0 Å². The fourth-order valence-electron chi connectivity index (χ4n) is 2.75. The lowest BCUT2D eigenvalue weighted by atomic mass is 10.2. The highest BCUT2D eigenvalue weighted by Gasteiger charge is 2.28. The summed E-state index contributed by atoms with van der Waals surface area (Å²) < 4.78 is 27.6. The molecule has 0 aromatic heterocycles. The Hall–Kier alpha value is -1.89. The summed E-state index contributed by atoms with van der Waals surface area (Å²) in [5, 5.41) is 0.523. The Balaban J connectivity index is 2.38. The minimum Gasteiger partial charge on any atom is -0.342 e. The van der Waals surface area contributed by atoms with Crippen molar-refractivity contribution < 1.29 is 13.2 Å². The molecule has 0 aliphatic heterocycles. The van der Waals surface area contributed by atoms with Crippen LogP contribution in [0.1, 0.15) is 25.0 Å². The smallest absolute Gasteiger partial charge is 0.243 e. The Morgan fingerprint density at radius 1 is 1.04 bits per heavy atom. The topological polar surface area (TPSA) is 57.7 Å². The quantitative estimate of drug-likeness (QED) is 0.669. The molecule has 0 fully saturated rings. The predicted octanol–water partition coefficient (Wildman–Crippen LogP) is 3.71. The number of aryl methyl sites for hydroxylation is 1. The molecule has 2 aromatic carbocycles. The molecule has 0 N–H and O–H groups in total. The molecule has 7 heteroatoms. The summed E-state index contributed by atoms with van der Waals surface area (Å²) in [7, 11) is -3.83. The van der Waals surface area contributed by atoms with Crippen LogP contribution in [-0.2, 0) is 21.4 Å². The largest absolute Gasteiger partial charge is 0.342 e. The highest BCUT2D eigenvalue weighted by atomic mass is 35.5. The summed E-state index contributed by atoms with van der Waals surface area (Å²) in [4.78, 5) is 14.4. The van der Waals surface area contributed by atoms with Gasteiger partial charge in [0.1, 0.15) is 0 Å². The molecule has 2 aromatic rings. The van der Waals surface area contributed by atoms with E-state index in [9.17, 15) is 13.2 Å². The molecular formula is C20H25ClN2O3S. The first kappa shape index (κ1) is 21.4. The first-order valence-electron chi connectivity index (χ1n) is 8.87. The SMILES string of the molecule is CCN(CC)C(=O)CN(Cc1cccc(Cl)c1)S(=O)(=O)c1ccc(C)cc1. The van der Waals surface area contributed by atoms with Crippen LogP contribution in [0, 0.1) is 6.92 Å². The molecule has 0 bridgehead atoms. The zero-order valence-corrected chi connectivity index (χ0v) is 17.4. The highest BCUT2D eigenvalue weighted by molar-refractivity contribution is 7.89. The lowest BCUT2D eigenvalue weighted by molar-refractivity contribution is -0.131. The summed E-state index contributed by atoms with van der Waals surface area (Å²) >= 11 is 6.03. The number of amides is 1. The van der Waals surface area contributed by atoms with Crippen molar-refractivity contribution in [3.05, 3.63) is 64.7 Å². The number of halogens is 1. The molecule has 0 spiro atoms. The minimum atomic E-state index is -3.83. The van der Waals surface area contributed by atoms with Gasteiger partial charge in [0.05, 0.1) is 11.4 Å². The van der Waals surface area contributed by atoms with Crippen LogP contribution < -0.4 is 0 Å². The maximum absolute atomic E-state index is 13.2. The van der Waals surface area contributed by atoms with Crippen LogP contribution in [0.3, 0.4) is 0 Å². The van der Waals surface area contributed by atoms with Gasteiger partial charge in [-0.25, -0.2) is 8.42 Å². The third kappa shape index (κ3) is 5.54. The molecule has 0 saturated heterocycles. The van der Waals surface area contributed by atoms with E-state index in [1.165, 1.54) is 4.31 Å². The van der Waals surface area contributed by atoms with Crippen LogP contribution in [0.25, 0.3) is 0 Å². The van der Waals surface area contributed by atoms with Gasteiger partial charge in [-0.05, 0) is 50.6 Å². The first-order valence-corrected chi connectivity index (χ1v) is 10.7. The van der Waals surface area contributed by atoms with Crippen molar-refractivity contribution in [3.8, 4) is 0 Å². The molecule has 0 radical (unpaired) electrons. The normalized spacial score (nSPS) is 11.6. The van der Waals surface area contributed by atoms with E-state index in [-0.39, 0.29) is 23.9 Å². The van der Waals surface area contributed by atoms with E-state index in [0.717, 1.165) is 11.1 Å². The fourth-order valence-corrected chi connectivity index (χ4v) is 4.34. The van der Waals surface area contributed by atoms with E-state index in [2.05, 4.69) is 0 Å². The summed E-state index contributed by atoms with van der Waals surface area (Å²) in [6.07, 6.45) is 0. The molecule has 0 aliphatic rings. The van der Waals surface area contributed by atoms with Crippen molar-refractivity contribution in [2.24, 2.45) is 0 Å². The van der Waals surface area contributed by atoms with Crippen molar-refractivity contribution in [1.29, 1.82) is 0 Å². The van der Waals surface area contributed by atoms with E-state index in [0.29, 0.717) is 18.1 Å². The highest BCUT2D eigenvalue weighted by Crippen LogP contribution is 2.20. The first-order chi connectivity index (χ1) is 12.8. The Bertz CT molecular complexity index is 878. The zero-order valence-electron chi connectivity index (χ0n) is 15.9. The van der Waals surface area contributed by atoms with Crippen LogP contribution in [0.5, 0.6) is 0 Å². The van der Waals surface area contributed by atoms with Gasteiger partial charge >= 0.3 is 0 Å². The molecule has 5 nitrogen and oxygen atoms in total. The average molecular weight is 409 g/mol. The number of benzene rings is 2. The number of carbonyl (C=O) groups excluding carboxylic acids is 1. The van der Waals surface area contributed by atoms with E-state index >= 15 is 0 Å². The van der Waals surface area contributed by atoms with Gasteiger partial charge in [-0.2, -0.15) is 4.31 Å². The number of likely N-dealkylation sites (N-methyl/N-ethyl adjacent to an activating group) is 1. The van der Waals surface area contributed by atoms with E-state index in [1.54, 1.807) is 53.4 Å². The lowest BCUT2D eigenvalue weighted by Crippen LogP contribution is -2.42. The number of nitrogens with zero attached hydrogens (tertiary/aromatic N) is 2. The number of sulfonamides is 1. The predicted molar refractivity (Wildman–Crippen MR) is 108 cm³/mol. The minimum absolute atomic E-state index is 0.0732. The average Bonchev–Trinajstić information content (AvgIpc) is 2.62. The number of carbonyl (C=O) groups is 1. The van der Waals surface area contributed by atoms with Crippen LogP contribution in [-0.4, -0.2) is 43.2 Å². The van der Waals surface area contributed by atoms with E-state index < -0.39 is 10.0 Å². The monoisotopic (exact) mass is 408 g/mol. The van der Waals surface area contributed by atoms with Gasteiger partial charge in [0, 0.05) is 24.7 Å². The van der Waals surface area contributed by atoms with Gasteiger partial charge in [0.2, 0.25) is 15.9 Å². The second-order valence-corrected chi connectivity index (χ2v) is 8.66. The second-order valence-electron chi connectivity index (χ2n) is 6.28. The van der Waals surface area contributed by atoms with Gasteiger partial charge in [-0.15, -0.1) is 0 Å². The standard InChI is InChI=1S/C20H25ClN2O3S/c1-4-22(5-2)20(24)15-23(14-17-7-6-8-18(21)13-17)27(25,26)19-11-9-16(3)10-12-19/h6-13H,4-5,14-15H2,1-3H3. The number of hydrogen-bond donors (Lipinski definition) is 0. The molecule has 2 rings (SSSR count). The molecule has 146 valence electrons. The van der Waals surface area contributed by atoms with Crippen LogP contribution in [0.2, 0.25) is 5.02 Å². The summed E-state index contributed by atoms with van der Waals surface area (Å²) in [5.41, 5.74) is 1.69. The number of hydrogen-bond acceptors (Lipinski definition) is 3. The molecule has 0 unspecified atom stereocenters. The van der Waals surface area contributed by atoms with Crippen molar-refractivity contribution >= 4 is 27.5 Å². The Morgan fingerprint density at radius 3 is 2.22 bits per heavy atom. The Labute approximate surface area is 166 Å². The molecule has 0 heterocycles. The van der Waals surface area contributed by atoms with Gasteiger partial charge in [0.25, 0.3) is 0 Å². The molecule has 0 aliphatic carbocycles. The number of rotatable bonds is 8. The third-order valence-electron chi connectivity index (χ3n) is 4.33. The molecule has 27 heavy (non-hydrogen) atoms. The summed E-state index contributed by atoms with van der Waals surface area (Å²) in [6, 6.07) is 13.6. The lowest BCUT2D eigenvalue weighted by Gasteiger charge is -2.26. The van der Waals surface area contributed by atoms with Crippen LogP contribution >= 0.6 is 11.6 Å². The third-order valence-corrected chi connectivity index (χ3v) is 6.38. The molecular weight excluding hydrogens is 384 g/mol. The van der Waals surface area contributed by atoms with Gasteiger partial charge < -0.3 is 4.90 Å². The summed E-state index contributed by atoms with van der Waals surface area (Å²) in [6.45, 7) is 6.56. The molecule has 0 atom stereocenters. The molecule has 1 amide bonds. The second kappa shape index (κ2) is 9.35. The van der Waals surface area contributed by atoms with Crippen LogP contribution in [0.15, 0.2) is 53.4 Å². The van der Waals surface area contributed by atoms with Crippen molar-refractivity contribution in [1.82, 2.24) is 9.21 Å². The van der Waals surface area contributed by atoms with E-state index in [4.69, 9.17) is 11.6 Å². The fraction of sp³-hybridized carbons (Fsp3) is 0.350. The van der Waals surface area contributed by atoms with Gasteiger partial charge in [-0.1, -0.05) is 41.4 Å².